The van der Waals surface area contributed by atoms with Gasteiger partial charge in [0.05, 0.1) is 0 Å². The van der Waals surface area contributed by atoms with Gasteiger partial charge in [-0.1, -0.05) is 12.1 Å². The van der Waals surface area contributed by atoms with Gasteiger partial charge in [-0.2, -0.15) is 4.80 Å². The third-order valence-electron chi connectivity index (χ3n) is 1.83. The highest BCUT2D eigenvalue weighted by atomic mass is 16.4. The SMILES string of the molecule is O=C(O)Cn1nnc(-c2cccc(O)c2)n1. The lowest BCUT2D eigenvalue weighted by Gasteiger charge is -1.94. The van der Waals surface area contributed by atoms with Crippen LogP contribution in [0.1, 0.15) is 0 Å². The summed E-state index contributed by atoms with van der Waals surface area (Å²) in [5, 5.41) is 28.9. The van der Waals surface area contributed by atoms with E-state index in [9.17, 15) is 9.90 Å². The predicted molar refractivity (Wildman–Crippen MR) is 52.6 cm³/mol. The Hall–Kier alpha value is -2.44. The second-order valence-electron chi connectivity index (χ2n) is 3.09. The molecule has 0 spiro atoms. The normalized spacial score (nSPS) is 10.2. The maximum absolute atomic E-state index is 10.4. The molecular weight excluding hydrogens is 212 g/mol. The van der Waals surface area contributed by atoms with E-state index in [2.05, 4.69) is 15.4 Å². The highest BCUT2D eigenvalue weighted by Crippen LogP contribution is 2.18. The van der Waals surface area contributed by atoms with Crippen LogP contribution in [-0.4, -0.2) is 36.4 Å². The molecule has 0 atom stereocenters. The largest absolute Gasteiger partial charge is 0.508 e. The van der Waals surface area contributed by atoms with E-state index in [0.717, 1.165) is 4.80 Å². The Balaban J connectivity index is 2.28. The number of aromatic nitrogens is 4. The van der Waals surface area contributed by atoms with Crippen molar-refractivity contribution in [3.05, 3.63) is 24.3 Å². The van der Waals surface area contributed by atoms with Crippen molar-refractivity contribution in [2.75, 3.05) is 0 Å². The molecular formula is C9H8N4O3. The second-order valence-corrected chi connectivity index (χ2v) is 3.09. The Morgan fingerprint density at radius 1 is 1.44 bits per heavy atom. The molecule has 0 fully saturated rings. The van der Waals surface area contributed by atoms with Gasteiger partial charge in [-0.3, -0.25) is 4.79 Å². The minimum atomic E-state index is -1.04. The molecule has 7 heteroatoms. The Labute approximate surface area is 90.0 Å². The molecule has 0 saturated heterocycles. The first-order chi connectivity index (χ1) is 7.65. The quantitative estimate of drug-likeness (QED) is 0.762. The molecule has 0 unspecified atom stereocenters. The summed E-state index contributed by atoms with van der Waals surface area (Å²) in [7, 11) is 0. The van der Waals surface area contributed by atoms with Gasteiger partial charge < -0.3 is 10.2 Å². The smallest absolute Gasteiger partial charge is 0.327 e. The molecule has 0 bridgehead atoms. The van der Waals surface area contributed by atoms with E-state index in [1.165, 1.54) is 12.1 Å². The van der Waals surface area contributed by atoms with Crippen molar-refractivity contribution in [2.45, 2.75) is 6.54 Å². The van der Waals surface area contributed by atoms with Crippen LogP contribution in [0.15, 0.2) is 24.3 Å². The molecule has 0 radical (unpaired) electrons. The van der Waals surface area contributed by atoms with E-state index >= 15 is 0 Å². The minimum absolute atomic E-state index is 0.0899. The number of aliphatic carboxylic acids is 1. The average Bonchev–Trinajstić information content (AvgIpc) is 2.65. The van der Waals surface area contributed by atoms with Crippen LogP contribution in [0.3, 0.4) is 0 Å². The third kappa shape index (κ3) is 2.14. The number of benzene rings is 1. The van der Waals surface area contributed by atoms with Crippen molar-refractivity contribution in [1.82, 2.24) is 20.2 Å². The molecule has 7 nitrogen and oxygen atoms in total. The summed E-state index contributed by atoms with van der Waals surface area (Å²) in [4.78, 5) is 11.4. The van der Waals surface area contributed by atoms with Gasteiger partial charge in [0.1, 0.15) is 5.75 Å². The summed E-state index contributed by atoms with van der Waals surface area (Å²) >= 11 is 0. The Morgan fingerprint density at radius 3 is 2.94 bits per heavy atom. The lowest BCUT2D eigenvalue weighted by Crippen LogP contribution is -2.11. The number of nitrogens with zero attached hydrogens (tertiary/aromatic N) is 4. The van der Waals surface area contributed by atoms with Gasteiger partial charge in [-0.15, -0.1) is 10.2 Å². The molecule has 2 N–H and O–H groups in total. The molecule has 2 aromatic rings. The van der Waals surface area contributed by atoms with Crippen LogP contribution in [0.2, 0.25) is 0 Å². The molecule has 0 amide bonds. The van der Waals surface area contributed by atoms with E-state index in [-0.39, 0.29) is 18.1 Å². The number of hydrogen-bond donors (Lipinski definition) is 2. The minimum Gasteiger partial charge on any atom is -0.508 e. The van der Waals surface area contributed by atoms with Gasteiger partial charge >= 0.3 is 5.97 Å². The van der Waals surface area contributed by atoms with Gasteiger partial charge in [-0.05, 0) is 17.3 Å². The van der Waals surface area contributed by atoms with Crippen molar-refractivity contribution in [1.29, 1.82) is 0 Å². The molecule has 0 aliphatic rings. The molecule has 1 heterocycles. The van der Waals surface area contributed by atoms with Gasteiger partial charge in [0.15, 0.2) is 6.54 Å². The fourth-order valence-electron chi connectivity index (χ4n) is 1.19. The van der Waals surface area contributed by atoms with Crippen molar-refractivity contribution in [3.63, 3.8) is 0 Å². The first-order valence-corrected chi connectivity index (χ1v) is 4.44. The second kappa shape index (κ2) is 3.97. The first kappa shape index (κ1) is 10.1. The Morgan fingerprint density at radius 2 is 2.25 bits per heavy atom. The molecule has 82 valence electrons. The van der Waals surface area contributed by atoms with Crippen LogP contribution in [0, 0.1) is 0 Å². The fourth-order valence-corrected chi connectivity index (χ4v) is 1.19. The molecule has 1 aromatic carbocycles. The van der Waals surface area contributed by atoms with Crippen LogP contribution in [0.5, 0.6) is 5.75 Å². The number of carboxylic acids is 1. The van der Waals surface area contributed by atoms with Crippen LogP contribution < -0.4 is 0 Å². The van der Waals surface area contributed by atoms with Crippen molar-refractivity contribution < 1.29 is 15.0 Å². The van der Waals surface area contributed by atoms with Crippen LogP contribution in [0.4, 0.5) is 0 Å². The summed E-state index contributed by atoms with van der Waals surface area (Å²) in [6, 6.07) is 6.33. The number of carbonyl (C=O) groups is 1. The zero-order valence-electron chi connectivity index (χ0n) is 8.11. The highest BCUT2D eigenvalue weighted by Gasteiger charge is 2.08. The summed E-state index contributed by atoms with van der Waals surface area (Å²) in [6.07, 6.45) is 0. The van der Waals surface area contributed by atoms with Crippen molar-refractivity contribution >= 4 is 5.97 Å². The lowest BCUT2D eigenvalue weighted by atomic mass is 10.2. The molecule has 0 aliphatic carbocycles. The topological polar surface area (TPSA) is 101 Å². The standard InChI is InChI=1S/C9H8N4O3/c14-7-3-1-2-6(4-7)9-10-12-13(11-9)5-8(15)16/h1-4,14H,5H2,(H,15,16). The number of tetrazole rings is 1. The average molecular weight is 220 g/mol. The molecule has 0 saturated carbocycles. The first-order valence-electron chi connectivity index (χ1n) is 4.44. The number of aromatic hydroxyl groups is 1. The maximum atomic E-state index is 10.4. The van der Waals surface area contributed by atoms with Crippen molar-refractivity contribution in [2.24, 2.45) is 0 Å². The number of hydrogen-bond acceptors (Lipinski definition) is 5. The fraction of sp³-hybridized carbons (Fsp3) is 0.111. The molecule has 16 heavy (non-hydrogen) atoms. The van der Waals surface area contributed by atoms with Crippen LogP contribution >= 0.6 is 0 Å². The third-order valence-corrected chi connectivity index (χ3v) is 1.83. The van der Waals surface area contributed by atoms with Gasteiger partial charge in [-0.25, -0.2) is 0 Å². The van der Waals surface area contributed by atoms with E-state index < -0.39 is 5.97 Å². The van der Waals surface area contributed by atoms with E-state index in [1.807, 2.05) is 0 Å². The van der Waals surface area contributed by atoms with Crippen LogP contribution in [-0.2, 0) is 11.3 Å². The maximum Gasteiger partial charge on any atom is 0.327 e. The zero-order chi connectivity index (χ0) is 11.5. The van der Waals surface area contributed by atoms with Gasteiger partial charge in [0.25, 0.3) is 0 Å². The monoisotopic (exact) mass is 220 g/mol. The Kier molecular flexibility index (Phi) is 2.50. The summed E-state index contributed by atoms with van der Waals surface area (Å²) in [5.74, 6) is -0.677. The van der Waals surface area contributed by atoms with E-state index in [4.69, 9.17) is 5.11 Å². The zero-order valence-corrected chi connectivity index (χ0v) is 8.11. The van der Waals surface area contributed by atoms with E-state index in [0.29, 0.717) is 5.56 Å². The summed E-state index contributed by atoms with van der Waals surface area (Å²) in [5.41, 5.74) is 0.580. The molecule has 2 rings (SSSR count). The van der Waals surface area contributed by atoms with Crippen LogP contribution in [0.25, 0.3) is 11.4 Å². The number of phenols is 1. The van der Waals surface area contributed by atoms with E-state index in [1.54, 1.807) is 12.1 Å². The highest BCUT2D eigenvalue weighted by molar-refractivity contribution is 5.66. The number of carboxylic acid groups (broad SMARTS) is 1. The summed E-state index contributed by atoms with van der Waals surface area (Å²) < 4.78 is 0. The van der Waals surface area contributed by atoms with Gasteiger partial charge in [0.2, 0.25) is 5.82 Å². The number of phenolic OH excluding ortho intramolecular Hbond substituents is 1. The number of rotatable bonds is 3. The lowest BCUT2D eigenvalue weighted by molar-refractivity contribution is -0.138. The summed E-state index contributed by atoms with van der Waals surface area (Å²) in [6.45, 7) is -0.341. The van der Waals surface area contributed by atoms with Crippen molar-refractivity contribution in [3.8, 4) is 17.1 Å². The Bertz CT molecular complexity index is 523. The predicted octanol–water partition coefficient (Wildman–Crippen LogP) is 0.130. The molecule has 1 aromatic heterocycles. The molecule has 0 aliphatic heterocycles. The van der Waals surface area contributed by atoms with Gasteiger partial charge in [0, 0.05) is 5.56 Å².